The summed E-state index contributed by atoms with van der Waals surface area (Å²) in [5.41, 5.74) is -3.82. The molecule has 0 saturated carbocycles. The third-order valence-electron chi connectivity index (χ3n) is 8.17. The quantitative estimate of drug-likeness (QED) is 0.467. The fourth-order valence-corrected chi connectivity index (χ4v) is 7.40. The molecule has 1 aromatic heterocycles. The van der Waals surface area contributed by atoms with Crippen molar-refractivity contribution in [3.8, 4) is 18.0 Å². The molecular weight excluding hydrogens is 540 g/mol. The fraction of sp³-hybridized carbons (Fsp3) is 0.800. The number of rotatable bonds is 6. The minimum absolute atomic E-state index is 0.0575. The maximum atomic E-state index is 12.5. The van der Waals surface area contributed by atoms with Crippen LogP contribution in [0.1, 0.15) is 122 Å². The fourth-order valence-electron chi connectivity index (χ4n) is 7.40. The number of hydrogen-bond donors (Lipinski definition) is 0. The van der Waals surface area contributed by atoms with E-state index < -0.39 is 33.2 Å². The highest BCUT2D eigenvalue weighted by Crippen LogP contribution is 2.40. The Morgan fingerprint density at radius 1 is 0.405 bits per heavy atom. The lowest BCUT2D eigenvalue weighted by Crippen LogP contribution is -2.63. The van der Waals surface area contributed by atoms with E-state index in [1.165, 1.54) is 0 Å². The largest absolute Gasteiger partial charge is 0.364 e. The first-order valence-corrected chi connectivity index (χ1v) is 14.7. The zero-order valence-corrected chi connectivity index (χ0v) is 27.4. The predicted molar refractivity (Wildman–Crippen MR) is 154 cm³/mol. The van der Waals surface area contributed by atoms with E-state index in [0.717, 1.165) is 0 Å². The topological polar surface area (TPSA) is 127 Å². The van der Waals surface area contributed by atoms with E-state index in [-0.39, 0.29) is 35.4 Å². The van der Waals surface area contributed by atoms with Crippen LogP contribution in [0.5, 0.6) is 18.0 Å². The Kier molecular flexibility index (Phi) is 7.82. The van der Waals surface area contributed by atoms with Crippen LogP contribution in [0, 0.1) is 0 Å². The van der Waals surface area contributed by atoms with Crippen LogP contribution >= 0.6 is 0 Å². The molecule has 12 nitrogen and oxygen atoms in total. The van der Waals surface area contributed by atoms with E-state index in [9.17, 15) is 14.4 Å². The first-order valence-electron chi connectivity index (χ1n) is 14.7. The summed E-state index contributed by atoms with van der Waals surface area (Å²) >= 11 is 0. The van der Waals surface area contributed by atoms with E-state index >= 15 is 0 Å². The van der Waals surface area contributed by atoms with Gasteiger partial charge in [-0.05, 0) is 83.1 Å². The SMILES string of the molecule is CC1(C)CC(=O)CC(C)(C)N1Oc1nc(ON2C(C)(C)CC(=O)CC2(C)C)nc(ON2C(C)(C)CC(=O)CC2(C)C)n1. The van der Waals surface area contributed by atoms with Crippen molar-refractivity contribution in [1.29, 1.82) is 0 Å². The van der Waals surface area contributed by atoms with Gasteiger partial charge in [-0.15, -0.1) is 30.1 Å². The monoisotopic (exact) mass is 588 g/mol. The number of hydroxylamine groups is 6. The molecule has 0 aliphatic carbocycles. The summed E-state index contributed by atoms with van der Waals surface area (Å²) in [5.74, 6) is 0.463. The minimum atomic E-state index is -0.637. The summed E-state index contributed by atoms with van der Waals surface area (Å²) in [5, 5.41) is 5.27. The van der Waals surface area contributed by atoms with E-state index in [4.69, 9.17) is 14.5 Å². The third kappa shape index (κ3) is 6.45. The molecule has 4 heterocycles. The van der Waals surface area contributed by atoms with E-state index in [1.54, 1.807) is 15.2 Å². The lowest BCUT2D eigenvalue weighted by molar-refractivity contribution is -0.229. The van der Waals surface area contributed by atoms with Crippen molar-refractivity contribution in [2.75, 3.05) is 0 Å². The molecule has 12 heteroatoms. The molecule has 3 aliphatic heterocycles. The number of piperidine rings is 3. The van der Waals surface area contributed by atoms with Gasteiger partial charge in [-0.1, -0.05) is 0 Å². The summed E-state index contributed by atoms with van der Waals surface area (Å²) in [6, 6.07) is -0.173. The molecule has 0 aromatic carbocycles. The van der Waals surface area contributed by atoms with Crippen molar-refractivity contribution in [3.05, 3.63) is 0 Å². The van der Waals surface area contributed by atoms with Crippen molar-refractivity contribution in [2.45, 2.75) is 155 Å². The Bertz CT molecular complexity index is 1050. The number of nitrogens with zero attached hydrogens (tertiary/aromatic N) is 6. The third-order valence-corrected chi connectivity index (χ3v) is 8.17. The van der Waals surface area contributed by atoms with Crippen LogP contribution in [0.25, 0.3) is 0 Å². The van der Waals surface area contributed by atoms with Crippen molar-refractivity contribution in [1.82, 2.24) is 30.1 Å². The number of Topliss-reactive ketones (excluding diaryl/α,β-unsaturated/α-hetero) is 3. The highest BCUT2D eigenvalue weighted by molar-refractivity contribution is 5.82. The van der Waals surface area contributed by atoms with Gasteiger partial charge in [0.25, 0.3) is 0 Å². The molecular formula is C30H48N6O6. The number of carbonyl (C=O) groups is 3. The highest BCUT2D eigenvalue weighted by Gasteiger charge is 2.50. The van der Waals surface area contributed by atoms with Gasteiger partial charge in [-0.3, -0.25) is 14.4 Å². The summed E-state index contributed by atoms with van der Waals surface area (Å²) in [4.78, 5) is 70.2. The normalized spacial score (nSPS) is 27.0. The number of hydrogen-bond acceptors (Lipinski definition) is 12. The Morgan fingerprint density at radius 3 is 0.738 bits per heavy atom. The summed E-state index contributed by atoms with van der Waals surface area (Å²) in [7, 11) is 0. The van der Waals surface area contributed by atoms with Crippen LogP contribution in [0.2, 0.25) is 0 Å². The first kappa shape index (κ1) is 32.2. The Hall–Kier alpha value is -2.70. The van der Waals surface area contributed by atoms with Crippen LogP contribution in [0.3, 0.4) is 0 Å². The number of carbonyl (C=O) groups excluding carboxylic acids is 3. The van der Waals surface area contributed by atoms with E-state index in [0.29, 0.717) is 38.5 Å². The van der Waals surface area contributed by atoms with Crippen LogP contribution in [-0.4, -0.2) is 80.7 Å². The standard InChI is InChI=1S/C30H48N6O6/c1-25(2)13-19(37)14-26(3,4)34(25)40-22-31-23(41-35-27(5,6)15-20(38)16-28(35,7)8)33-24(32-22)42-36-29(9,10)17-21(39)18-30(36,11)12/h13-18H2,1-12H3. The molecule has 0 amide bonds. The van der Waals surface area contributed by atoms with Crippen LogP contribution in [0.4, 0.5) is 0 Å². The van der Waals surface area contributed by atoms with Gasteiger partial charge in [-0.2, -0.15) is 0 Å². The van der Waals surface area contributed by atoms with Crippen LogP contribution in [0.15, 0.2) is 0 Å². The zero-order valence-electron chi connectivity index (χ0n) is 27.4. The second-order valence-corrected chi connectivity index (χ2v) is 15.9. The molecule has 3 aliphatic rings. The molecule has 42 heavy (non-hydrogen) atoms. The molecule has 0 bridgehead atoms. The van der Waals surface area contributed by atoms with Crippen molar-refractivity contribution >= 4 is 17.3 Å². The Morgan fingerprint density at radius 2 is 0.571 bits per heavy atom. The molecule has 0 radical (unpaired) electrons. The number of ketones is 3. The summed E-state index contributed by atoms with van der Waals surface area (Å²) in [6.07, 6.45) is 1.85. The lowest BCUT2D eigenvalue weighted by Gasteiger charge is -2.50. The van der Waals surface area contributed by atoms with Crippen LogP contribution < -0.4 is 14.5 Å². The molecule has 0 spiro atoms. The summed E-state index contributed by atoms with van der Waals surface area (Å²) < 4.78 is 0. The van der Waals surface area contributed by atoms with Gasteiger partial charge in [0.2, 0.25) is 0 Å². The lowest BCUT2D eigenvalue weighted by atomic mass is 9.81. The predicted octanol–water partition coefficient (Wildman–Crippen LogP) is 4.42. The first-order chi connectivity index (χ1) is 18.9. The minimum Gasteiger partial charge on any atom is -0.364 e. The van der Waals surface area contributed by atoms with Gasteiger partial charge < -0.3 is 14.5 Å². The smallest absolute Gasteiger partial charge is 0.345 e. The van der Waals surface area contributed by atoms with Gasteiger partial charge in [0.15, 0.2) is 0 Å². The average Bonchev–Trinajstić information content (AvgIpc) is 2.73. The van der Waals surface area contributed by atoms with E-state index in [1.807, 2.05) is 83.1 Å². The van der Waals surface area contributed by atoms with Crippen molar-refractivity contribution in [2.24, 2.45) is 0 Å². The highest BCUT2D eigenvalue weighted by atomic mass is 16.7. The second-order valence-electron chi connectivity index (χ2n) is 15.9. The molecule has 3 saturated heterocycles. The van der Waals surface area contributed by atoms with Gasteiger partial charge in [0, 0.05) is 38.5 Å². The van der Waals surface area contributed by atoms with Gasteiger partial charge in [0.05, 0.1) is 33.2 Å². The maximum absolute atomic E-state index is 12.5. The average molecular weight is 589 g/mol. The van der Waals surface area contributed by atoms with Gasteiger partial charge in [0.1, 0.15) is 17.3 Å². The van der Waals surface area contributed by atoms with Crippen molar-refractivity contribution in [3.63, 3.8) is 0 Å². The van der Waals surface area contributed by atoms with Gasteiger partial charge in [-0.25, -0.2) is 0 Å². The molecule has 234 valence electrons. The molecule has 0 unspecified atom stereocenters. The van der Waals surface area contributed by atoms with Crippen LogP contribution in [-0.2, 0) is 14.4 Å². The van der Waals surface area contributed by atoms with Gasteiger partial charge >= 0.3 is 18.0 Å². The van der Waals surface area contributed by atoms with E-state index in [2.05, 4.69) is 15.0 Å². The summed E-state index contributed by atoms with van der Waals surface area (Å²) in [6.45, 7) is 23.3. The zero-order chi connectivity index (χ0) is 31.7. The Balaban J connectivity index is 1.76. The number of aromatic nitrogens is 3. The Labute approximate surface area is 249 Å². The maximum Gasteiger partial charge on any atom is 0.345 e. The molecule has 1 aromatic rings. The molecule has 4 rings (SSSR count). The van der Waals surface area contributed by atoms with Crippen molar-refractivity contribution < 1.29 is 28.9 Å². The molecule has 0 atom stereocenters. The second kappa shape index (κ2) is 10.2. The molecule has 0 N–H and O–H groups in total. The molecule has 3 fully saturated rings.